The van der Waals surface area contributed by atoms with E-state index in [1.807, 2.05) is 6.92 Å². The van der Waals surface area contributed by atoms with Gasteiger partial charge in [-0.05, 0) is 34.6 Å². The molecule has 0 spiro atoms. The summed E-state index contributed by atoms with van der Waals surface area (Å²) < 4.78 is 11.2. The maximum absolute atomic E-state index is 5.61. The van der Waals surface area contributed by atoms with E-state index in [9.17, 15) is 0 Å². The number of hydrogen-bond donors (Lipinski definition) is 0. The minimum absolute atomic E-state index is 0.0830. The number of ether oxygens (including phenoxy) is 2. The van der Waals surface area contributed by atoms with Crippen molar-refractivity contribution in [2.45, 2.75) is 51.4 Å². The van der Waals surface area contributed by atoms with Crippen molar-refractivity contribution in [3.05, 3.63) is 0 Å². The molecule has 3 heteroatoms. The Hall–Kier alpha value is -0.570. The molecule has 0 amide bonds. The fourth-order valence-corrected chi connectivity index (χ4v) is 1.61. The number of aliphatic imine (C=N–C) groups is 1. The van der Waals surface area contributed by atoms with Gasteiger partial charge in [0.2, 0.25) is 5.90 Å². The van der Waals surface area contributed by atoms with Crippen LogP contribution in [0.15, 0.2) is 4.99 Å². The predicted molar refractivity (Wildman–Crippen MR) is 51.0 cm³/mol. The van der Waals surface area contributed by atoms with E-state index in [1.54, 1.807) is 0 Å². The molecule has 0 unspecified atom stereocenters. The highest BCUT2D eigenvalue weighted by Gasteiger charge is 2.66. The molecule has 2 aliphatic rings. The van der Waals surface area contributed by atoms with Gasteiger partial charge in [0.15, 0.2) is 5.60 Å². The number of rotatable bonds is 1. The third-order valence-electron chi connectivity index (χ3n) is 2.94. The lowest BCUT2D eigenvalue weighted by molar-refractivity contribution is 0.248. The highest BCUT2D eigenvalue weighted by atomic mass is 16.7. The molecule has 0 aromatic heterocycles. The van der Waals surface area contributed by atoms with Gasteiger partial charge < -0.3 is 9.47 Å². The van der Waals surface area contributed by atoms with Gasteiger partial charge in [-0.2, -0.15) is 0 Å². The smallest absolute Gasteiger partial charge is 0.220 e. The molecule has 1 atom stereocenters. The van der Waals surface area contributed by atoms with E-state index in [2.05, 4.69) is 32.7 Å². The van der Waals surface area contributed by atoms with Gasteiger partial charge in [-0.3, -0.25) is 0 Å². The van der Waals surface area contributed by atoms with Gasteiger partial charge in [-0.15, -0.1) is 0 Å². The van der Waals surface area contributed by atoms with Crippen LogP contribution < -0.4 is 0 Å². The molecule has 0 aromatic carbocycles. The highest BCUT2D eigenvalue weighted by molar-refractivity contribution is 5.90. The molecule has 3 nitrogen and oxygen atoms in total. The molecule has 0 aliphatic carbocycles. The topological polar surface area (TPSA) is 34.1 Å². The van der Waals surface area contributed by atoms with Crippen molar-refractivity contribution in [2.75, 3.05) is 6.61 Å². The Morgan fingerprint density at radius 1 is 1.15 bits per heavy atom. The van der Waals surface area contributed by atoms with Crippen LogP contribution in [0.4, 0.5) is 0 Å². The predicted octanol–water partition coefficient (Wildman–Crippen LogP) is 1.76. The molecule has 13 heavy (non-hydrogen) atoms. The number of nitrogens with zero attached hydrogens (tertiary/aromatic N) is 1. The Labute approximate surface area is 79.1 Å². The molecule has 1 fully saturated rings. The lowest BCUT2D eigenvalue weighted by Gasteiger charge is -2.08. The van der Waals surface area contributed by atoms with Crippen molar-refractivity contribution in [3.8, 4) is 0 Å². The molecule has 0 saturated carbocycles. The molecule has 0 aromatic rings. The van der Waals surface area contributed by atoms with Gasteiger partial charge in [0.05, 0.1) is 5.54 Å². The summed E-state index contributed by atoms with van der Waals surface area (Å²) in [5.74, 6) is 0.766. The van der Waals surface area contributed by atoms with Gasteiger partial charge in [-0.25, -0.2) is 4.99 Å². The monoisotopic (exact) mass is 183 g/mol. The molecule has 74 valence electrons. The van der Waals surface area contributed by atoms with E-state index in [0.29, 0.717) is 6.61 Å². The largest absolute Gasteiger partial charge is 0.476 e. The zero-order valence-corrected chi connectivity index (χ0v) is 8.97. The maximum atomic E-state index is 5.61. The summed E-state index contributed by atoms with van der Waals surface area (Å²) in [4.78, 5) is 4.52. The third kappa shape index (κ3) is 1.17. The van der Waals surface area contributed by atoms with E-state index < -0.39 is 0 Å². The molecule has 2 aliphatic heterocycles. The van der Waals surface area contributed by atoms with Gasteiger partial charge in [-0.1, -0.05) is 0 Å². The second kappa shape index (κ2) is 2.08. The van der Waals surface area contributed by atoms with Crippen LogP contribution in [0.3, 0.4) is 0 Å². The third-order valence-corrected chi connectivity index (χ3v) is 2.94. The van der Waals surface area contributed by atoms with Gasteiger partial charge in [0.25, 0.3) is 0 Å². The molecular weight excluding hydrogens is 166 g/mol. The van der Waals surface area contributed by atoms with Crippen molar-refractivity contribution < 1.29 is 9.47 Å². The van der Waals surface area contributed by atoms with Gasteiger partial charge >= 0.3 is 0 Å². The fourth-order valence-electron chi connectivity index (χ4n) is 1.61. The molecule has 0 radical (unpaired) electrons. The van der Waals surface area contributed by atoms with Crippen LogP contribution in [0.1, 0.15) is 34.6 Å². The van der Waals surface area contributed by atoms with Crippen molar-refractivity contribution in [1.29, 1.82) is 0 Å². The second-order valence-corrected chi connectivity index (χ2v) is 5.16. The first kappa shape index (κ1) is 9.00. The number of epoxide rings is 1. The lowest BCUT2D eigenvalue weighted by atomic mass is 9.98. The average molecular weight is 183 g/mol. The van der Waals surface area contributed by atoms with Crippen LogP contribution >= 0.6 is 0 Å². The molecular formula is C10H17NO2. The Balaban J connectivity index is 2.22. The first-order valence-electron chi connectivity index (χ1n) is 4.70. The van der Waals surface area contributed by atoms with Gasteiger partial charge in [0, 0.05) is 0 Å². The van der Waals surface area contributed by atoms with Crippen LogP contribution in [-0.2, 0) is 9.47 Å². The van der Waals surface area contributed by atoms with Crippen LogP contribution in [0.5, 0.6) is 0 Å². The van der Waals surface area contributed by atoms with E-state index in [0.717, 1.165) is 5.90 Å². The normalized spacial score (nSPS) is 39.6. The van der Waals surface area contributed by atoms with Crippen molar-refractivity contribution in [3.63, 3.8) is 0 Å². The maximum Gasteiger partial charge on any atom is 0.220 e. The summed E-state index contributed by atoms with van der Waals surface area (Å²) in [7, 11) is 0. The van der Waals surface area contributed by atoms with E-state index in [1.165, 1.54) is 0 Å². The first-order chi connectivity index (χ1) is 5.77. The quantitative estimate of drug-likeness (QED) is 0.580. The SMILES string of the molecule is CC1(C)COC([C@]2(C)OC2(C)C)=N1. The van der Waals surface area contributed by atoms with Crippen LogP contribution in [0.25, 0.3) is 0 Å². The van der Waals surface area contributed by atoms with E-state index in [4.69, 9.17) is 9.47 Å². The summed E-state index contributed by atoms with van der Waals surface area (Å²) in [6, 6.07) is 0. The standard InChI is InChI=1S/C10H17NO2/c1-8(2)6-12-7(11-8)10(5)9(3,4)13-10/h6H2,1-5H3/t10-/m0/s1. The summed E-state index contributed by atoms with van der Waals surface area (Å²) in [6.07, 6.45) is 0. The summed E-state index contributed by atoms with van der Waals surface area (Å²) >= 11 is 0. The van der Waals surface area contributed by atoms with Gasteiger partial charge in [0.1, 0.15) is 12.2 Å². The number of hydrogen-bond acceptors (Lipinski definition) is 3. The summed E-state index contributed by atoms with van der Waals surface area (Å²) in [5, 5.41) is 0. The minimum Gasteiger partial charge on any atom is -0.476 e. The van der Waals surface area contributed by atoms with E-state index in [-0.39, 0.29) is 16.7 Å². The molecule has 2 rings (SSSR count). The Morgan fingerprint density at radius 2 is 1.69 bits per heavy atom. The minimum atomic E-state index is -0.291. The zero-order valence-electron chi connectivity index (χ0n) is 8.97. The van der Waals surface area contributed by atoms with Crippen LogP contribution in [0.2, 0.25) is 0 Å². The van der Waals surface area contributed by atoms with Crippen LogP contribution in [0, 0.1) is 0 Å². The average Bonchev–Trinajstić information content (AvgIpc) is 2.36. The molecule has 0 bridgehead atoms. The summed E-state index contributed by atoms with van der Waals surface area (Å²) in [5.41, 5.74) is -0.493. The molecule has 0 N–H and O–H groups in total. The van der Waals surface area contributed by atoms with E-state index >= 15 is 0 Å². The lowest BCUT2D eigenvalue weighted by Crippen LogP contribution is -2.27. The molecule has 1 saturated heterocycles. The summed E-state index contributed by atoms with van der Waals surface area (Å²) in [6.45, 7) is 11.0. The Morgan fingerprint density at radius 3 is 2.00 bits per heavy atom. The first-order valence-corrected chi connectivity index (χ1v) is 4.70. The van der Waals surface area contributed by atoms with Crippen molar-refractivity contribution in [1.82, 2.24) is 0 Å². The highest BCUT2D eigenvalue weighted by Crippen LogP contribution is 2.49. The van der Waals surface area contributed by atoms with Crippen molar-refractivity contribution >= 4 is 5.90 Å². The molecule has 2 heterocycles. The second-order valence-electron chi connectivity index (χ2n) is 5.16. The van der Waals surface area contributed by atoms with Crippen LogP contribution in [-0.4, -0.2) is 29.2 Å². The Kier molecular flexibility index (Phi) is 1.44. The fraction of sp³-hybridized carbons (Fsp3) is 0.900. The van der Waals surface area contributed by atoms with Crippen molar-refractivity contribution in [2.24, 2.45) is 4.99 Å². The Bertz CT molecular complexity index is 281. The zero-order chi connectivity index (χ0) is 9.91.